The van der Waals surface area contributed by atoms with E-state index in [1.54, 1.807) is 19.2 Å². The monoisotopic (exact) mass is 250 g/mol. The van der Waals surface area contributed by atoms with Gasteiger partial charge in [-0.1, -0.05) is 0 Å². The molecule has 0 aliphatic carbocycles. The van der Waals surface area contributed by atoms with Crippen molar-refractivity contribution >= 4 is 17.7 Å². The van der Waals surface area contributed by atoms with E-state index < -0.39 is 6.03 Å². The minimum Gasteiger partial charge on any atom is -0.497 e. The van der Waals surface area contributed by atoms with Crippen LogP contribution in [-0.4, -0.2) is 26.1 Å². The summed E-state index contributed by atoms with van der Waals surface area (Å²) in [5.74, 6) is 0.375. The van der Waals surface area contributed by atoms with Crippen LogP contribution in [0.3, 0.4) is 0 Å². The van der Waals surface area contributed by atoms with Crippen LogP contribution >= 0.6 is 0 Å². The average Bonchev–Trinajstić information content (AvgIpc) is 2.31. The van der Waals surface area contributed by atoms with Crippen molar-refractivity contribution in [1.82, 2.24) is 5.32 Å². The van der Waals surface area contributed by atoms with Crippen molar-refractivity contribution in [2.24, 2.45) is 5.73 Å². The summed E-state index contributed by atoms with van der Waals surface area (Å²) in [4.78, 5) is 12.9. The Morgan fingerprint density at radius 2 is 1.89 bits per heavy atom. The minimum absolute atomic E-state index is 0.328. The molecule has 0 fully saturated rings. The van der Waals surface area contributed by atoms with Gasteiger partial charge in [0.2, 0.25) is 5.96 Å². The van der Waals surface area contributed by atoms with E-state index in [1.165, 1.54) is 7.05 Å². The van der Waals surface area contributed by atoms with Gasteiger partial charge in [-0.25, -0.2) is 9.69 Å². The maximum atomic E-state index is 11.8. The van der Waals surface area contributed by atoms with Crippen molar-refractivity contribution in [3.05, 3.63) is 23.3 Å². The summed E-state index contributed by atoms with van der Waals surface area (Å²) in [7, 11) is 3.07. The lowest BCUT2D eigenvalue weighted by Gasteiger charge is -2.24. The second-order valence-electron chi connectivity index (χ2n) is 3.89. The summed E-state index contributed by atoms with van der Waals surface area (Å²) in [6, 6.07) is 3.14. The van der Waals surface area contributed by atoms with Gasteiger partial charge in [-0.3, -0.25) is 5.41 Å². The topological polar surface area (TPSA) is 91.4 Å². The Hall–Kier alpha value is -2.24. The first kappa shape index (κ1) is 13.8. The fraction of sp³-hybridized carbons (Fsp3) is 0.333. The van der Waals surface area contributed by atoms with E-state index in [1.807, 2.05) is 13.8 Å². The second kappa shape index (κ2) is 5.39. The zero-order chi connectivity index (χ0) is 13.9. The van der Waals surface area contributed by atoms with E-state index in [-0.39, 0.29) is 5.96 Å². The highest BCUT2D eigenvalue weighted by molar-refractivity contribution is 6.14. The first-order chi connectivity index (χ1) is 8.42. The first-order valence-corrected chi connectivity index (χ1v) is 5.43. The number of ether oxygens (including phenoxy) is 1. The molecule has 1 aromatic rings. The Morgan fingerprint density at radius 3 is 2.22 bits per heavy atom. The van der Waals surface area contributed by atoms with Crippen LogP contribution in [0.25, 0.3) is 0 Å². The lowest BCUT2D eigenvalue weighted by atomic mass is 10.1. The van der Waals surface area contributed by atoms with Crippen molar-refractivity contribution in [3.8, 4) is 5.75 Å². The minimum atomic E-state index is -0.445. The molecular formula is C12H18N4O2. The summed E-state index contributed by atoms with van der Waals surface area (Å²) in [6.07, 6.45) is 0. The molecule has 0 unspecified atom stereocenters. The molecule has 0 aromatic heterocycles. The number of nitrogens with two attached hydrogens (primary N) is 1. The van der Waals surface area contributed by atoms with Gasteiger partial charge in [0.15, 0.2) is 0 Å². The lowest BCUT2D eigenvalue weighted by Crippen LogP contribution is -2.46. The maximum Gasteiger partial charge on any atom is 0.328 e. The van der Waals surface area contributed by atoms with Crippen molar-refractivity contribution in [3.63, 3.8) is 0 Å². The molecule has 2 amide bonds. The van der Waals surface area contributed by atoms with Crippen LogP contribution < -0.4 is 20.7 Å². The van der Waals surface area contributed by atoms with Crippen molar-refractivity contribution < 1.29 is 9.53 Å². The highest BCUT2D eigenvalue weighted by atomic mass is 16.5. The number of hydrogen-bond acceptors (Lipinski definition) is 3. The van der Waals surface area contributed by atoms with Crippen LogP contribution in [0.15, 0.2) is 12.1 Å². The number of carbonyl (C=O) groups is 1. The van der Waals surface area contributed by atoms with Crippen LogP contribution in [0, 0.1) is 19.3 Å². The number of hydrogen-bond donors (Lipinski definition) is 3. The fourth-order valence-electron chi connectivity index (χ4n) is 1.83. The standard InChI is InChI=1S/C12H18N4O2/c1-7-5-9(18-4)6-8(2)10(7)16(11(13)14)12(17)15-3/h5-6H,1-4H3,(H3,13,14)(H,15,17). The molecule has 0 saturated carbocycles. The molecule has 0 heterocycles. The number of nitrogens with zero attached hydrogens (tertiary/aromatic N) is 1. The molecule has 98 valence electrons. The average molecular weight is 250 g/mol. The molecule has 1 aromatic carbocycles. The van der Waals surface area contributed by atoms with Crippen molar-refractivity contribution in [1.29, 1.82) is 5.41 Å². The number of carbonyl (C=O) groups excluding carboxylic acids is 1. The van der Waals surface area contributed by atoms with E-state index in [4.69, 9.17) is 15.9 Å². The van der Waals surface area contributed by atoms with Gasteiger partial charge in [-0.15, -0.1) is 0 Å². The molecule has 0 saturated heterocycles. The predicted molar refractivity (Wildman–Crippen MR) is 71.3 cm³/mol. The van der Waals surface area contributed by atoms with E-state index in [2.05, 4.69) is 5.32 Å². The quantitative estimate of drug-likeness (QED) is 0.546. The first-order valence-electron chi connectivity index (χ1n) is 5.43. The largest absolute Gasteiger partial charge is 0.497 e. The van der Waals surface area contributed by atoms with Crippen LogP contribution in [0.5, 0.6) is 5.75 Å². The third kappa shape index (κ3) is 2.53. The predicted octanol–water partition coefficient (Wildman–Crippen LogP) is 1.35. The Kier molecular flexibility index (Phi) is 4.14. The van der Waals surface area contributed by atoms with Crippen molar-refractivity contribution in [2.75, 3.05) is 19.1 Å². The molecule has 0 atom stereocenters. The Labute approximate surface area is 106 Å². The van der Waals surface area contributed by atoms with Gasteiger partial charge < -0.3 is 15.8 Å². The molecular weight excluding hydrogens is 232 g/mol. The van der Waals surface area contributed by atoms with Gasteiger partial charge in [0.05, 0.1) is 12.8 Å². The number of methoxy groups -OCH3 is 1. The number of nitrogens with one attached hydrogen (secondary N) is 2. The van der Waals surface area contributed by atoms with Gasteiger partial charge in [0, 0.05) is 7.05 Å². The summed E-state index contributed by atoms with van der Waals surface area (Å²) in [5.41, 5.74) is 7.69. The smallest absolute Gasteiger partial charge is 0.328 e. The zero-order valence-corrected chi connectivity index (χ0v) is 11.0. The second-order valence-corrected chi connectivity index (χ2v) is 3.89. The van der Waals surface area contributed by atoms with Crippen LogP contribution in [0.4, 0.5) is 10.5 Å². The van der Waals surface area contributed by atoms with E-state index >= 15 is 0 Å². The van der Waals surface area contributed by atoms with Crippen LogP contribution in [0.1, 0.15) is 11.1 Å². The fourth-order valence-corrected chi connectivity index (χ4v) is 1.83. The van der Waals surface area contributed by atoms with Crippen LogP contribution in [0.2, 0.25) is 0 Å². The summed E-state index contributed by atoms with van der Waals surface area (Å²) in [6.45, 7) is 3.67. The van der Waals surface area contributed by atoms with E-state index in [0.29, 0.717) is 11.4 Å². The molecule has 0 bridgehead atoms. The lowest BCUT2D eigenvalue weighted by molar-refractivity contribution is 0.251. The Balaban J connectivity index is 3.37. The van der Waals surface area contributed by atoms with Gasteiger partial charge >= 0.3 is 6.03 Å². The number of rotatable bonds is 2. The van der Waals surface area contributed by atoms with Gasteiger partial charge in [0.1, 0.15) is 5.75 Å². The normalized spacial score (nSPS) is 9.78. The molecule has 0 radical (unpaired) electrons. The number of anilines is 1. The summed E-state index contributed by atoms with van der Waals surface area (Å²) < 4.78 is 5.15. The molecule has 0 aliphatic heterocycles. The maximum absolute atomic E-state index is 11.8. The Morgan fingerprint density at radius 1 is 1.39 bits per heavy atom. The summed E-state index contributed by atoms with van der Waals surface area (Å²) in [5, 5.41) is 9.99. The van der Waals surface area contributed by atoms with Crippen LogP contribution in [-0.2, 0) is 0 Å². The number of aryl methyl sites for hydroxylation is 2. The highest BCUT2D eigenvalue weighted by Gasteiger charge is 2.21. The van der Waals surface area contributed by atoms with E-state index in [0.717, 1.165) is 16.0 Å². The molecule has 0 spiro atoms. The highest BCUT2D eigenvalue weighted by Crippen LogP contribution is 2.29. The van der Waals surface area contributed by atoms with Gasteiger partial charge in [-0.2, -0.15) is 0 Å². The third-order valence-electron chi connectivity index (χ3n) is 2.58. The number of guanidine groups is 1. The molecule has 6 heteroatoms. The molecule has 0 aliphatic rings. The number of amides is 2. The van der Waals surface area contributed by atoms with E-state index in [9.17, 15) is 4.79 Å². The van der Waals surface area contributed by atoms with Crippen molar-refractivity contribution in [2.45, 2.75) is 13.8 Å². The Bertz CT molecular complexity index is 462. The molecule has 18 heavy (non-hydrogen) atoms. The molecule has 4 N–H and O–H groups in total. The SMILES string of the molecule is CNC(=O)N(C(=N)N)c1c(C)cc(OC)cc1C. The number of urea groups is 1. The number of benzene rings is 1. The zero-order valence-electron chi connectivity index (χ0n) is 11.0. The third-order valence-corrected chi connectivity index (χ3v) is 2.58. The summed E-state index contributed by atoms with van der Waals surface area (Å²) >= 11 is 0. The van der Waals surface area contributed by atoms with Gasteiger partial charge in [0.25, 0.3) is 0 Å². The molecule has 1 rings (SSSR count). The molecule has 6 nitrogen and oxygen atoms in total. The van der Waals surface area contributed by atoms with Gasteiger partial charge in [-0.05, 0) is 37.1 Å².